The number of rotatable bonds is 8. The molecule has 1 N–H and O–H groups in total. The second kappa shape index (κ2) is 10.7. The SMILES string of the molecule is COCCOc1cccc(C(=O)NC2CCN(CC3CCCCC3)CC2)c1. The van der Waals surface area contributed by atoms with Crippen LogP contribution in [0.1, 0.15) is 55.3 Å². The summed E-state index contributed by atoms with van der Waals surface area (Å²) in [7, 11) is 1.65. The second-order valence-electron chi connectivity index (χ2n) is 7.92. The monoisotopic (exact) mass is 374 g/mol. The van der Waals surface area contributed by atoms with Crippen LogP contribution in [0, 0.1) is 5.92 Å². The summed E-state index contributed by atoms with van der Waals surface area (Å²) in [6, 6.07) is 7.66. The molecule has 0 radical (unpaired) electrons. The minimum atomic E-state index is -0.00192. The van der Waals surface area contributed by atoms with Gasteiger partial charge in [-0.05, 0) is 49.8 Å². The summed E-state index contributed by atoms with van der Waals surface area (Å²) in [5.74, 6) is 1.60. The quantitative estimate of drug-likeness (QED) is 0.708. The van der Waals surface area contributed by atoms with Crippen LogP contribution in [0.25, 0.3) is 0 Å². The molecule has 0 bridgehead atoms. The zero-order valence-electron chi connectivity index (χ0n) is 16.6. The number of hydrogen-bond acceptors (Lipinski definition) is 4. The number of ether oxygens (including phenoxy) is 2. The van der Waals surface area contributed by atoms with Gasteiger partial charge in [-0.2, -0.15) is 0 Å². The van der Waals surface area contributed by atoms with E-state index in [4.69, 9.17) is 9.47 Å². The molecule has 0 atom stereocenters. The lowest BCUT2D eigenvalue weighted by molar-refractivity contribution is 0.0901. The Hall–Kier alpha value is -1.59. The lowest BCUT2D eigenvalue weighted by Gasteiger charge is -2.35. The van der Waals surface area contributed by atoms with Gasteiger partial charge >= 0.3 is 0 Å². The molecular formula is C22H34N2O3. The molecule has 5 nitrogen and oxygen atoms in total. The topological polar surface area (TPSA) is 50.8 Å². The van der Waals surface area contributed by atoms with Gasteiger partial charge in [-0.15, -0.1) is 0 Å². The predicted octanol–water partition coefficient (Wildman–Crippen LogP) is 3.49. The van der Waals surface area contributed by atoms with Crippen molar-refractivity contribution in [2.24, 2.45) is 5.92 Å². The standard InChI is InChI=1S/C22H34N2O3/c1-26-14-15-27-21-9-5-8-19(16-21)22(25)23-20-10-12-24(13-11-20)17-18-6-3-2-4-7-18/h5,8-9,16,18,20H,2-4,6-7,10-15,17H2,1H3,(H,23,25). The van der Waals surface area contributed by atoms with E-state index in [9.17, 15) is 4.79 Å². The van der Waals surface area contributed by atoms with E-state index in [1.165, 1.54) is 38.6 Å². The highest BCUT2D eigenvalue weighted by Crippen LogP contribution is 2.25. The summed E-state index contributed by atoms with van der Waals surface area (Å²) in [5.41, 5.74) is 0.662. The van der Waals surface area contributed by atoms with Gasteiger partial charge in [0.15, 0.2) is 0 Å². The molecular weight excluding hydrogens is 340 g/mol. The van der Waals surface area contributed by atoms with Gasteiger partial charge in [0.2, 0.25) is 0 Å². The molecule has 5 heteroatoms. The minimum absolute atomic E-state index is 0.00192. The van der Waals surface area contributed by atoms with Gasteiger partial charge in [0, 0.05) is 38.3 Å². The van der Waals surface area contributed by atoms with Gasteiger partial charge < -0.3 is 19.7 Å². The van der Waals surface area contributed by atoms with E-state index < -0.39 is 0 Å². The molecule has 1 amide bonds. The first kappa shape index (κ1) is 20.2. The van der Waals surface area contributed by atoms with Crippen molar-refractivity contribution >= 4 is 5.91 Å². The molecule has 2 fully saturated rings. The Labute approximate surface area is 163 Å². The average molecular weight is 375 g/mol. The van der Waals surface area contributed by atoms with Crippen molar-refractivity contribution in [1.82, 2.24) is 10.2 Å². The number of methoxy groups -OCH3 is 1. The Balaban J connectivity index is 1.41. The van der Waals surface area contributed by atoms with E-state index in [2.05, 4.69) is 10.2 Å². The molecule has 0 unspecified atom stereocenters. The van der Waals surface area contributed by atoms with E-state index in [0.717, 1.165) is 31.8 Å². The first-order valence-electron chi connectivity index (χ1n) is 10.5. The third-order valence-corrected chi connectivity index (χ3v) is 5.82. The van der Waals surface area contributed by atoms with Gasteiger partial charge in [-0.3, -0.25) is 4.79 Å². The summed E-state index contributed by atoms with van der Waals surface area (Å²) in [5, 5.41) is 3.21. The molecule has 0 aromatic heterocycles. The number of carbonyl (C=O) groups is 1. The van der Waals surface area contributed by atoms with Crippen LogP contribution >= 0.6 is 0 Å². The van der Waals surface area contributed by atoms with Crippen LogP contribution in [0.2, 0.25) is 0 Å². The van der Waals surface area contributed by atoms with Crippen LogP contribution in [-0.4, -0.2) is 56.8 Å². The van der Waals surface area contributed by atoms with Crippen molar-refractivity contribution in [2.45, 2.75) is 51.0 Å². The fourth-order valence-electron chi connectivity index (χ4n) is 4.23. The Bertz CT molecular complexity index is 579. The minimum Gasteiger partial charge on any atom is -0.491 e. The van der Waals surface area contributed by atoms with Crippen molar-refractivity contribution in [3.8, 4) is 5.75 Å². The molecule has 1 saturated heterocycles. The van der Waals surface area contributed by atoms with Crippen LogP contribution in [0.3, 0.4) is 0 Å². The van der Waals surface area contributed by atoms with Crippen molar-refractivity contribution < 1.29 is 14.3 Å². The molecule has 1 saturated carbocycles. The summed E-state index contributed by atoms with van der Waals surface area (Å²) >= 11 is 0. The normalized spacial score (nSPS) is 19.7. The number of benzene rings is 1. The largest absolute Gasteiger partial charge is 0.491 e. The molecule has 1 aliphatic heterocycles. The third kappa shape index (κ3) is 6.51. The number of hydrogen-bond donors (Lipinski definition) is 1. The third-order valence-electron chi connectivity index (χ3n) is 5.82. The summed E-state index contributed by atoms with van der Waals surface area (Å²) in [4.78, 5) is 15.2. The van der Waals surface area contributed by atoms with Crippen LogP contribution in [0.15, 0.2) is 24.3 Å². The molecule has 1 heterocycles. The van der Waals surface area contributed by atoms with Gasteiger partial charge in [0.05, 0.1) is 6.61 Å². The van der Waals surface area contributed by atoms with Crippen LogP contribution in [0.4, 0.5) is 0 Å². The number of amides is 1. The lowest BCUT2D eigenvalue weighted by Crippen LogP contribution is -2.45. The molecule has 3 rings (SSSR count). The Morgan fingerprint density at radius 3 is 2.63 bits per heavy atom. The molecule has 0 spiro atoms. The average Bonchev–Trinajstić information content (AvgIpc) is 2.71. The number of piperidine rings is 1. The summed E-state index contributed by atoms with van der Waals surface area (Å²) < 4.78 is 10.6. The zero-order valence-corrected chi connectivity index (χ0v) is 16.6. The number of nitrogens with one attached hydrogen (secondary N) is 1. The number of nitrogens with zero attached hydrogens (tertiary/aromatic N) is 1. The Morgan fingerprint density at radius 2 is 1.89 bits per heavy atom. The van der Waals surface area contributed by atoms with Gasteiger partial charge in [0.1, 0.15) is 12.4 Å². The highest BCUT2D eigenvalue weighted by atomic mass is 16.5. The first-order valence-corrected chi connectivity index (χ1v) is 10.5. The van der Waals surface area contributed by atoms with E-state index in [1.54, 1.807) is 7.11 Å². The lowest BCUT2D eigenvalue weighted by atomic mass is 9.88. The molecule has 2 aliphatic rings. The maximum atomic E-state index is 12.6. The Kier molecular flexibility index (Phi) is 7.96. The van der Waals surface area contributed by atoms with Crippen LogP contribution in [0.5, 0.6) is 5.75 Å². The van der Waals surface area contributed by atoms with E-state index >= 15 is 0 Å². The maximum Gasteiger partial charge on any atom is 0.251 e. The van der Waals surface area contributed by atoms with Crippen LogP contribution < -0.4 is 10.1 Å². The second-order valence-corrected chi connectivity index (χ2v) is 7.92. The van der Waals surface area contributed by atoms with E-state index in [1.807, 2.05) is 24.3 Å². The van der Waals surface area contributed by atoms with Gasteiger partial charge in [-0.1, -0.05) is 25.3 Å². The number of likely N-dealkylation sites (tertiary alicyclic amines) is 1. The Morgan fingerprint density at radius 1 is 1.11 bits per heavy atom. The molecule has 1 aromatic rings. The maximum absolute atomic E-state index is 12.6. The molecule has 150 valence electrons. The summed E-state index contributed by atoms with van der Waals surface area (Å²) in [6.45, 7) is 4.47. The van der Waals surface area contributed by atoms with Gasteiger partial charge in [-0.25, -0.2) is 0 Å². The van der Waals surface area contributed by atoms with Crippen molar-refractivity contribution in [1.29, 1.82) is 0 Å². The first-order chi connectivity index (χ1) is 13.2. The fourth-order valence-corrected chi connectivity index (χ4v) is 4.23. The van der Waals surface area contributed by atoms with E-state index in [-0.39, 0.29) is 11.9 Å². The van der Waals surface area contributed by atoms with Gasteiger partial charge in [0.25, 0.3) is 5.91 Å². The molecule has 1 aromatic carbocycles. The number of carbonyl (C=O) groups excluding carboxylic acids is 1. The highest BCUT2D eigenvalue weighted by molar-refractivity contribution is 5.94. The molecule has 27 heavy (non-hydrogen) atoms. The van der Waals surface area contributed by atoms with Crippen LogP contribution in [-0.2, 0) is 4.74 Å². The predicted molar refractivity (Wildman–Crippen MR) is 107 cm³/mol. The van der Waals surface area contributed by atoms with E-state index in [0.29, 0.717) is 24.5 Å². The zero-order chi connectivity index (χ0) is 18.9. The molecule has 1 aliphatic carbocycles. The summed E-state index contributed by atoms with van der Waals surface area (Å²) in [6.07, 6.45) is 9.13. The fraction of sp³-hybridized carbons (Fsp3) is 0.682. The van der Waals surface area contributed by atoms with Crippen molar-refractivity contribution in [3.63, 3.8) is 0 Å². The highest BCUT2D eigenvalue weighted by Gasteiger charge is 2.24. The van der Waals surface area contributed by atoms with Crippen molar-refractivity contribution in [3.05, 3.63) is 29.8 Å². The smallest absolute Gasteiger partial charge is 0.251 e. The van der Waals surface area contributed by atoms with Crippen molar-refractivity contribution in [2.75, 3.05) is 40.0 Å².